The first kappa shape index (κ1) is 14.6. The van der Waals surface area contributed by atoms with E-state index in [0.29, 0.717) is 10.6 Å². The number of sulfonamides is 1. The standard InChI is InChI=1S/C11H19NO3S2/c1-4-10-5-6-11(16-10)17(14,15)12-8(2)7-9(3)13/h5-6,8-9,12-13H,4,7H2,1-3H3. The van der Waals surface area contributed by atoms with Crippen molar-refractivity contribution in [2.45, 2.75) is 50.0 Å². The van der Waals surface area contributed by atoms with Crippen molar-refractivity contribution in [3.8, 4) is 0 Å². The van der Waals surface area contributed by atoms with Crippen LogP contribution in [0.4, 0.5) is 0 Å². The molecule has 0 saturated carbocycles. The Balaban J connectivity index is 2.74. The Morgan fingerprint density at radius 3 is 2.53 bits per heavy atom. The van der Waals surface area contributed by atoms with Gasteiger partial charge in [-0.3, -0.25) is 0 Å². The molecule has 1 heterocycles. The molecule has 1 aromatic rings. The maximum absolute atomic E-state index is 12.0. The molecular formula is C11H19NO3S2. The lowest BCUT2D eigenvalue weighted by molar-refractivity contribution is 0.175. The molecule has 0 fully saturated rings. The molecule has 0 saturated heterocycles. The van der Waals surface area contributed by atoms with Gasteiger partial charge in [-0.2, -0.15) is 0 Å². The average molecular weight is 277 g/mol. The molecule has 0 radical (unpaired) electrons. The van der Waals surface area contributed by atoms with Gasteiger partial charge in [0.1, 0.15) is 4.21 Å². The van der Waals surface area contributed by atoms with Crippen LogP contribution in [0.1, 0.15) is 32.1 Å². The highest BCUT2D eigenvalue weighted by atomic mass is 32.2. The van der Waals surface area contributed by atoms with Gasteiger partial charge >= 0.3 is 0 Å². The highest BCUT2D eigenvalue weighted by molar-refractivity contribution is 7.91. The van der Waals surface area contributed by atoms with Crippen molar-refractivity contribution in [2.24, 2.45) is 0 Å². The number of aryl methyl sites for hydroxylation is 1. The normalized spacial score (nSPS) is 15.8. The molecule has 0 bridgehead atoms. The number of hydrogen-bond acceptors (Lipinski definition) is 4. The Labute approximate surface area is 107 Å². The lowest BCUT2D eigenvalue weighted by Crippen LogP contribution is -2.34. The minimum absolute atomic E-state index is 0.271. The minimum atomic E-state index is -3.44. The SMILES string of the molecule is CCc1ccc(S(=O)(=O)NC(C)CC(C)O)s1. The van der Waals surface area contributed by atoms with E-state index in [-0.39, 0.29) is 6.04 Å². The first-order chi connectivity index (χ1) is 7.85. The Morgan fingerprint density at radius 1 is 1.41 bits per heavy atom. The second-order valence-corrected chi connectivity index (χ2v) is 7.29. The zero-order valence-electron chi connectivity index (χ0n) is 10.3. The molecule has 2 atom stereocenters. The van der Waals surface area contributed by atoms with Crippen molar-refractivity contribution in [1.29, 1.82) is 0 Å². The third-order valence-corrected chi connectivity index (χ3v) is 5.61. The zero-order chi connectivity index (χ0) is 13.1. The van der Waals surface area contributed by atoms with Gasteiger partial charge in [0.25, 0.3) is 0 Å². The van der Waals surface area contributed by atoms with Crippen LogP contribution in [0.2, 0.25) is 0 Å². The van der Waals surface area contributed by atoms with Crippen LogP contribution in [0.25, 0.3) is 0 Å². The van der Waals surface area contributed by atoms with Gasteiger partial charge in [0, 0.05) is 10.9 Å². The van der Waals surface area contributed by atoms with Gasteiger partial charge in [-0.25, -0.2) is 13.1 Å². The van der Waals surface area contributed by atoms with E-state index in [0.717, 1.165) is 11.3 Å². The van der Waals surface area contributed by atoms with Gasteiger partial charge in [0.2, 0.25) is 10.0 Å². The van der Waals surface area contributed by atoms with Crippen LogP contribution >= 0.6 is 11.3 Å². The van der Waals surface area contributed by atoms with E-state index in [4.69, 9.17) is 0 Å². The first-order valence-corrected chi connectivity index (χ1v) is 7.94. The predicted molar refractivity (Wildman–Crippen MR) is 69.8 cm³/mol. The molecule has 0 aliphatic carbocycles. The summed E-state index contributed by atoms with van der Waals surface area (Å²) in [6.07, 6.45) is 0.733. The third kappa shape index (κ3) is 4.39. The third-order valence-electron chi connectivity index (χ3n) is 2.30. The molecule has 98 valence electrons. The molecule has 1 aromatic heterocycles. The Kier molecular flexibility index (Phi) is 5.12. The van der Waals surface area contributed by atoms with Gasteiger partial charge in [0.05, 0.1) is 6.10 Å². The fourth-order valence-corrected chi connectivity index (χ4v) is 4.14. The Hall–Kier alpha value is -0.430. The van der Waals surface area contributed by atoms with Crippen LogP contribution in [0.3, 0.4) is 0 Å². The van der Waals surface area contributed by atoms with Gasteiger partial charge in [0.15, 0.2) is 0 Å². The Bertz CT molecular complexity index is 451. The average Bonchev–Trinajstić information content (AvgIpc) is 2.63. The number of aliphatic hydroxyl groups is 1. The van der Waals surface area contributed by atoms with Gasteiger partial charge in [-0.15, -0.1) is 11.3 Å². The molecule has 2 unspecified atom stereocenters. The van der Waals surface area contributed by atoms with E-state index >= 15 is 0 Å². The first-order valence-electron chi connectivity index (χ1n) is 5.64. The van der Waals surface area contributed by atoms with Gasteiger partial charge in [-0.1, -0.05) is 6.92 Å². The molecule has 4 nitrogen and oxygen atoms in total. The van der Waals surface area contributed by atoms with E-state index in [2.05, 4.69) is 4.72 Å². The summed E-state index contributed by atoms with van der Waals surface area (Å²) in [7, 11) is -3.44. The van der Waals surface area contributed by atoms with Gasteiger partial charge < -0.3 is 5.11 Å². The summed E-state index contributed by atoms with van der Waals surface area (Å²) in [5.41, 5.74) is 0. The highest BCUT2D eigenvalue weighted by Crippen LogP contribution is 2.22. The van der Waals surface area contributed by atoms with Crippen LogP contribution in [-0.2, 0) is 16.4 Å². The summed E-state index contributed by atoms with van der Waals surface area (Å²) in [4.78, 5) is 1.05. The molecule has 2 N–H and O–H groups in total. The van der Waals surface area contributed by atoms with E-state index < -0.39 is 16.1 Å². The Morgan fingerprint density at radius 2 is 2.06 bits per heavy atom. The van der Waals surface area contributed by atoms with Crippen LogP contribution < -0.4 is 4.72 Å². The molecule has 0 amide bonds. The summed E-state index contributed by atoms with van der Waals surface area (Å²) < 4.78 is 26.8. The summed E-state index contributed by atoms with van der Waals surface area (Å²) in [5.74, 6) is 0. The molecule has 0 aliphatic heterocycles. The fraction of sp³-hybridized carbons (Fsp3) is 0.636. The highest BCUT2D eigenvalue weighted by Gasteiger charge is 2.19. The van der Waals surface area contributed by atoms with E-state index in [9.17, 15) is 13.5 Å². The monoisotopic (exact) mass is 277 g/mol. The number of thiophene rings is 1. The topological polar surface area (TPSA) is 66.4 Å². The number of nitrogens with one attached hydrogen (secondary N) is 1. The van der Waals surface area contributed by atoms with Crippen LogP contribution in [-0.4, -0.2) is 25.7 Å². The van der Waals surface area contributed by atoms with Crippen molar-refractivity contribution in [2.75, 3.05) is 0 Å². The van der Waals surface area contributed by atoms with Crippen LogP contribution in [0, 0.1) is 0 Å². The largest absolute Gasteiger partial charge is 0.393 e. The fourth-order valence-electron chi connectivity index (χ4n) is 1.58. The molecule has 0 aromatic carbocycles. The summed E-state index contributed by atoms with van der Waals surface area (Å²) >= 11 is 1.29. The smallest absolute Gasteiger partial charge is 0.250 e. The van der Waals surface area contributed by atoms with Crippen LogP contribution in [0.15, 0.2) is 16.3 Å². The van der Waals surface area contributed by atoms with Gasteiger partial charge in [-0.05, 0) is 38.8 Å². The summed E-state index contributed by atoms with van der Waals surface area (Å²) in [5, 5.41) is 9.20. The van der Waals surface area contributed by atoms with E-state index in [1.54, 1.807) is 19.9 Å². The second kappa shape index (κ2) is 5.95. The summed E-state index contributed by atoms with van der Waals surface area (Å²) in [6, 6.07) is 3.19. The van der Waals surface area contributed by atoms with E-state index in [1.165, 1.54) is 11.3 Å². The van der Waals surface area contributed by atoms with Crippen molar-refractivity contribution in [3.05, 3.63) is 17.0 Å². The summed E-state index contributed by atoms with van der Waals surface area (Å²) in [6.45, 7) is 5.38. The number of aliphatic hydroxyl groups excluding tert-OH is 1. The van der Waals surface area contributed by atoms with Crippen LogP contribution in [0.5, 0.6) is 0 Å². The lowest BCUT2D eigenvalue weighted by atomic mass is 10.2. The van der Waals surface area contributed by atoms with Crippen molar-refractivity contribution in [1.82, 2.24) is 4.72 Å². The second-order valence-electron chi connectivity index (χ2n) is 4.18. The molecule has 1 rings (SSSR count). The molecular weight excluding hydrogens is 258 g/mol. The molecule has 6 heteroatoms. The quantitative estimate of drug-likeness (QED) is 0.832. The van der Waals surface area contributed by atoms with Crippen molar-refractivity contribution < 1.29 is 13.5 Å². The molecule has 0 aliphatic rings. The molecule has 0 spiro atoms. The van der Waals surface area contributed by atoms with Crippen molar-refractivity contribution >= 4 is 21.4 Å². The maximum Gasteiger partial charge on any atom is 0.250 e. The predicted octanol–water partition coefficient (Wildman–Crippen LogP) is 1.75. The molecule has 17 heavy (non-hydrogen) atoms. The number of rotatable bonds is 6. The number of hydrogen-bond donors (Lipinski definition) is 2. The van der Waals surface area contributed by atoms with E-state index in [1.807, 2.05) is 13.0 Å². The van der Waals surface area contributed by atoms with Crippen molar-refractivity contribution in [3.63, 3.8) is 0 Å². The minimum Gasteiger partial charge on any atom is -0.393 e. The zero-order valence-corrected chi connectivity index (χ0v) is 11.9. The lowest BCUT2D eigenvalue weighted by Gasteiger charge is -2.14. The maximum atomic E-state index is 12.0.